The predicted octanol–water partition coefficient (Wildman–Crippen LogP) is 2.77. The molecule has 0 saturated carbocycles. The van der Waals surface area contributed by atoms with E-state index in [1.54, 1.807) is 13.1 Å². The lowest BCUT2D eigenvalue weighted by molar-refractivity contribution is -0.129. The summed E-state index contributed by atoms with van der Waals surface area (Å²) in [5, 5.41) is 2.94. The molecule has 0 aromatic carbocycles. The molecule has 3 rings (SSSR count). The molecule has 1 saturated heterocycles. The van der Waals surface area contributed by atoms with Crippen molar-refractivity contribution in [2.45, 2.75) is 46.2 Å². The summed E-state index contributed by atoms with van der Waals surface area (Å²) in [6.45, 7) is 6.51. The molecule has 2 aromatic heterocycles. The Kier molecular flexibility index (Phi) is 5.13. The zero-order valence-corrected chi connectivity index (χ0v) is 15.5. The van der Waals surface area contributed by atoms with Gasteiger partial charge in [-0.3, -0.25) is 9.59 Å². The second kappa shape index (κ2) is 7.31. The molecule has 1 aliphatic rings. The lowest BCUT2D eigenvalue weighted by atomic mass is 10.1. The molecule has 6 nitrogen and oxygen atoms in total. The summed E-state index contributed by atoms with van der Waals surface area (Å²) in [4.78, 5) is 36.7. The van der Waals surface area contributed by atoms with E-state index in [9.17, 15) is 9.59 Å². The van der Waals surface area contributed by atoms with E-state index >= 15 is 0 Å². The van der Waals surface area contributed by atoms with Gasteiger partial charge in [0, 0.05) is 36.7 Å². The minimum atomic E-state index is -0.0977. The predicted molar refractivity (Wildman–Crippen MR) is 96.4 cm³/mol. The summed E-state index contributed by atoms with van der Waals surface area (Å²) in [5.74, 6) is 0.636. The van der Waals surface area contributed by atoms with Gasteiger partial charge < -0.3 is 10.2 Å². The summed E-state index contributed by atoms with van der Waals surface area (Å²) in [5.41, 5.74) is 1.72. The second-order valence-electron chi connectivity index (χ2n) is 6.29. The number of carbonyl (C=O) groups excluding carboxylic acids is 2. The van der Waals surface area contributed by atoms with Gasteiger partial charge in [-0.15, -0.1) is 11.3 Å². The molecular formula is C18H22N4O2S. The summed E-state index contributed by atoms with van der Waals surface area (Å²) in [6, 6.07) is 3.73. The summed E-state index contributed by atoms with van der Waals surface area (Å²) >= 11 is 1.47. The van der Waals surface area contributed by atoms with Gasteiger partial charge in [-0.05, 0) is 38.8 Å². The van der Waals surface area contributed by atoms with Crippen molar-refractivity contribution in [2.75, 3.05) is 6.54 Å². The van der Waals surface area contributed by atoms with Gasteiger partial charge in [-0.1, -0.05) is 0 Å². The minimum Gasteiger partial charge on any atom is -0.347 e. The van der Waals surface area contributed by atoms with Crippen LogP contribution in [0.25, 0.3) is 0 Å². The van der Waals surface area contributed by atoms with Crippen molar-refractivity contribution in [1.29, 1.82) is 0 Å². The lowest BCUT2D eigenvalue weighted by Gasteiger charge is -2.24. The molecule has 3 heterocycles. The molecule has 25 heavy (non-hydrogen) atoms. The van der Waals surface area contributed by atoms with Crippen LogP contribution in [0.15, 0.2) is 18.3 Å². The van der Waals surface area contributed by atoms with E-state index in [1.165, 1.54) is 11.3 Å². The third-order valence-corrected chi connectivity index (χ3v) is 5.39. The van der Waals surface area contributed by atoms with E-state index in [4.69, 9.17) is 0 Å². The molecule has 1 N–H and O–H groups in total. The molecule has 2 aromatic rings. The Morgan fingerprint density at radius 1 is 1.36 bits per heavy atom. The number of thiophene rings is 1. The molecular weight excluding hydrogens is 336 g/mol. The molecule has 7 heteroatoms. The first-order chi connectivity index (χ1) is 12.0. The van der Waals surface area contributed by atoms with Crippen molar-refractivity contribution in [2.24, 2.45) is 0 Å². The molecule has 1 fully saturated rings. The van der Waals surface area contributed by atoms with Crippen molar-refractivity contribution >= 4 is 23.2 Å². The smallest absolute Gasteiger partial charge is 0.261 e. The Morgan fingerprint density at radius 2 is 2.16 bits per heavy atom. The van der Waals surface area contributed by atoms with Crippen molar-refractivity contribution in [1.82, 2.24) is 20.2 Å². The Labute approximate surface area is 151 Å². The van der Waals surface area contributed by atoms with Crippen LogP contribution < -0.4 is 5.32 Å². The zero-order chi connectivity index (χ0) is 18.0. The standard InChI is InChI=1S/C18H22N4O2S/c1-11-6-7-16(25-11)18(24)20-10-14-9-19-12(2)21-17(14)15-5-4-8-22(15)13(3)23/h6-7,9,15H,4-5,8,10H2,1-3H3,(H,20,24)/t15-/m1/s1. The fourth-order valence-electron chi connectivity index (χ4n) is 3.18. The van der Waals surface area contributed by atoms with Crippen LogP contribution in [0.2, 0.25) is 0 Å². The van der Waals surface area contributed by atoms with E-state index in [0.29, 0.717) is 17.2 Å². The van der Waals surface area contributed by atoms with Gasteiger partial charge in [-0.2, -0.15) is 0 Å². The third kappa shape index (κ3) is 3.87. The summed E-state index contributed by atoms with van der Waals surface area (Å²) < 4.78 is 0. The highest BCUT2D eigenvalue weighted by molar-refractivity contribution is 7.13. The molecule has 1 atom stereocenters. The molecule has 0 bridgehead atoms. The number of hydrogen-bond donors (Lipinski definition) is 1. The van der Waals surface area contributed by atoms with E-state index in [2.05, 4.69) is 15.3 Å². The monoisotopic (exact) mass is 358 g/mol. The first-order valence-electron chi connectivity index (χ1n) is 8.40. The van der Waals surface area contributed by atoms with Gasteiger partial charge in [0.2, 0.25) is 5.91 Å². The normalized spacial score (nSPS) is 16.9. The average molecular weight is 358 g/mol. The Hall–Kier alpha value is -2.28. The number of nitrogens with one attached hydrogen (secondary N) is 1. The molecule has 2 amide bonds. The van der Waals surface area contributed by atoms with E-state index in [1.807, 2.05) is 30.9 Å². The Morgan fingerprint density at radius 3 is 2.84 bits per heavy atom. The average Bonchev–Trinajstić information content (AvgIpc) is 3.22. The van der Waals surface area contributed by atoms with Crippen LogP contribution in [0.3, 0.4) is 0 Å². The second-order valence-corrected chi connectivity index (χ2v) is 7.58. The number of aryl methyl sites for hydroxylation is 2. The highest BCUT2D eigenvalue weighted by atomic mass is 32.1. The molecule has 0 aliphatic carbocycles. The van der Waals surface area contributed by atoms with Crippen LogP contribution in [0.4, 0.5) is 0 Å². The highest BCUT2D eigenvalue weighted by Crippen LogP contribution is 2.32. The molecule has 132 valence electrons. The van der Waals surface area contributed by atoms with Crippen LogP contribution in [0.1, 0.15) is 57.4 Å². The number of rotatable bonds is 4. The maximum atomic E-state index is 12.3. The van der Waals surface area contributed by atoms with Crippen LogP contribution in [0.5, 0.6) is 0 Å². The largest absolute Gasteiger partial charge is 0.347 e. The molecule has 1 aliphatic heterocycles. The number of amides is 2. The Balaban J connectivity index is 1.80. The number of nitrogens with zero attached hydrogens (tertiary/aromatic N) is 3. The van der Waals surface area contributed by atoms with Gasteiger partial charge in [-0.25, -0.2) is 9.97 Å². The number of aromatic nitrogens is 2. The zero-order valence-electron chi connectivity index (χ0n) is 14.7. The van der Waals surface area contributed by atoms with Crippen LogP contribution in [0, 0.1) is 13.8 Å². The Bertz CT molecular complexity index is 802. The van der Waals surface area contributed by atoms with E-state index < -0.39 is 0 Å². The third-order valence-electron chi connectivity index (χ3n) is 4.39. The summed E-state index contributed by atoms with van der Waals surface area (Å²) in [7, 11) is 0. The minimum absolute atomic E-state index is 0.0323. The van der Waals surface area contributed by atoms with Crippen molar-refractivity contribution in [3.8, 4) is 0 Å². The highest BCUT2D eigenvalue weighted by Gasteiger charge is 2.31. The molecule has 0 radical (unpaired) electrons. The maximum Gasteiger partial charge on any atom is 0.261 e. The van der Waals surface area contributed by atoms with Crippen molar-refractivity contribution in [3.05, 3.63) is 45.2 Å². The van der Waals surface area contributed by atoms with Crippen LogP contribution in [-0.4, -0.2) is 33.2 Å². The fourth-order valence-corrected chi connectivity index (χ4v) is 3.97. The SMILES string of the molecule is CC(=O)N1CCC[C@@H]1c1nc(C)ncc1CNC(=O)c1ccc(C)s1. The molecule has 0 unspecified atom stereocenters. The van der Waals surface area contributed by atoms with Crippen LogP contribution in [-0.2, 0) is 11.3 Å². The quantitative estimate of drug-likeness (QED) is 0.912. The topological polar surface area (TPSA) is 75.2 Å². The van der Waals surface area contributed by atoms with E-state index in [-0.39, 0.29) is 17.9 Å². The first-order valence-corrected chi connectivity index (χ1v) is 9.21. The summed E-state index contributed by atoms with van der Waals surface area (Å²) in [6.07, 6.45) is 3.61. The van der Waals surface area contributed by atoms with E-state index in [0.717, 1.165) is 35.5 Å². The van der Waals surface area contributed by atoms with Gasteiger partial charge in [0.15, 0.2) is 0 Å². The van der Waals surface area contributed by atoms with Crippen molar-refractivity contribution in [3.63, 3.8) is 0 Å². The van der Waals surface area contributed by atoms with Gasteiger partial charge in [0.25, 0.3) is 5.91 Å². The first kappa shape index (κ1) is 17.5. The maximum absolute atomic E-state index is 12.3. The molecule has 0 spiro atoms. The number of hydrogen-bond acceptors (Lipinski definition) is 5. The van der Waals surface area contributed by atoms with Gasteiger partial charge >= 0.3 is 0 Å². The fraction of sp³-hybridized carbons (Fsp3) is 0.444. The number of carbonyl (C=O) groups is 2. The van der Waals surface area contributed by atoms with Crippen molar-refractivity contribution < 1.29 is 9.59 Å². The number of likely N-dealkylation sites (tertiary alicyclic amines) is 1. The lowest BCUT2D eigenvalue weighted by Crippen LogP contribution is -2.30. The van der Waals surface area contributed by atoms with Crippen LogP contribution >= 0.6 is 11.3 Å². The van der Waals surface area contributed by atoms with Gasteiger partial charge in [0.1, 0.15) is 5.82 Å². The van der Waals surface area contributed by atoms with Gasteiger partial charge in [0.05, 0.1) is 16.6 Å².